The third kappa shape index (κ3) is 23.7. The van der Waals surface area contributed by atoms with E-state index in [1.54, 1.807) is 139 Å². The van der Waals surface area contributed by atoms with Gasteiger partial charge < -0.3 is 79.0 Å². The summed E-state index contributed by atoms with van der Waals surface area (Å²) in [4.78, 5) is 53.5. The lowest BCUT2D eigenvalue weighted by atomic mass is 9.80. The Morgan fingerprint density at radius 1 is 0.452 bits per heavy atom. The zero-order chi connectivity index (χ0) is 93.3. The first-order valence-corrected chi connectivity index (χ1v) is 44.7. The maximum absolute atomic E-state index is 13.9. The minimum absolute atomic E-state index is 0.00715. The van der Waals surface area contributed by atoms with Crippen LogP contribution in [0.5, 0.6) is 51.7 Å². The number of aromatic nitrogens is 3. The number of ketones is 3. The highest BCUT2D eigenvalue weighted by Crippen LogP contribution is 2.52. The standard InChI is InChI=1S/C35H45FN2O7S.C31H37FN2O6.C29H41ClN2O7S/c1-21(2)35(38-46(42)33(4,5)6)20-45-32-26(35)18-30(37-31(32)23-9-12-25(36)13-10-23)34(7,41)16-15-27(40)24-11-14-28(29(17-24)43-8)44-19-22(3)39;1-18(2)31(33)17-40-29-23(31)15-27(34-28(29)20-6-9-22(32)10-7-20)30(4,37)13-12-24(36)21-8-11-25(26(14-21)38-5)39-16-19(3)35;1-17(2)29(32-40(36)27(4,5)6)16-39-25-20(29)14-24(31-26(25)30)28(7,35)12-11-21(34)19-9-10-22(23(13-19)37-8)38-15-18(3)33/h9-14,17-18,21-22,38-39,41H,15-16,19-20H2,1-8H3;6-11,14-15,18-19,35,37H,12-13,16-17,33H2,1-5H3;9-10,13-14,17-18,32-33,35H,11-12,15-16H2,1-8H3/t22-,34?,35?,46?;19-,30?,31?;18-,28?,29?,40?/m111/s1. The summed E-state index contributed by atoms with van der Waals surface area (Å²) in [6.45, 7) is 33.9. The van der Waals surface area contributed by atoms with Crippen LogP contribution in [0.15, 0.2) is 121 Å². The van der Waals surface area contributed by atoms with Gasteiger partial charge in [0.1, 0.15) is 79.5 Å². The van der Waals surface area contributed by atoms with Crippen molar-refractivity contribution < 1.29 is 105 Å². The fraction of sp³-hybridized carbons (Fsp3) is 0.495. The van der Waals surface area contributed by atoms with Crippen LogP contribution in [0.2, 0.25) is 5.15 Å². The summed E-state index contributed by atoms with van der Waals surface area (Å²) in [5, 5.41) is 63.5. The van der Waals surface area contributed by atoms with Gasteiger partial charge in [-0.3, -0.25) is 14.4 Å². The zero-order valence-corrected chi connectivity index (χ0v) is 78.2. The molecule has 126 heavy (non-hydrogen) atoms. The predicted molar refractivity (Wildman–Crippen MR) is 481 cm³/mol. The van der Waals surface area contributed by atoms with Crippen molar-refractivity contribution in [1.82, 2.24) is 24.4 Å². The second kappa shape index (κ2) is 41.1. The van der Waals surface area contributed by atoms with Gasteiger partial charge in [-0.25, -0.2) is 41.6 Å². The molecule has 0 bridgehead atoms. The highest BCUT2D eigenvalue weighted by Gasteiger charge is 2.51. The van der Waals surface area contributed by atoms with Gasteiger partial charge >= 0.3 is 0 Å². The van der Waals surface area contributed by atoms with Crippen molar-refractivity contribution in [2.24, 2.45) is 23.5 Å². The number of rotatable bonds is 36. The number of aliphatic hydroxyl groups is 6. The Hall–Kier alpha value is -9.15. The Kier molecular flexibility index (Phi) is 32.8. The first-order chi connectivity index (χ1) is 58.8. The molecule has 26 nitrogen and oxygen atoms in total. The normalized spacial score (nSPS) is 19.1. The van der Waals surface area contributed by atoms with Crippen LogP contribution in [0, 0.1) is 29.4 Å². The largest absolute Gasteiger partial charge is 0.493 e. The van der Waals surface area contributed by atoms with Crippen molar-refractivity contribution in [3.05, 3.63) is 189 Å². The summed E-state index contributed by atoms with van der Waals surface area (Å²) < 4.78 is 111. The molecular weight excluding hydrogens is 1680 g/mol. The molecule has 11 atom stereocenters. The number of nitrogens with two attached hydrogens (primary N) is 1. The molecule has 0 radical (unpaired) electrons. The van der Waals surface area contributed by atoms with Gasteiger partial charge in [0.2, 0.25) is 0 Å². The summed E-state index contributed by atoms with van der Waals surface area (Å²) in [6.07, 6.45) is -1.71. The molecule has 3 aliphatic heterocycles. The molecule has 3 aromatic heterocycles. The molecule has 11 rings (SSSR count). The number of carbonyl (C=O) groups excluding carboxylic acids is 3. The monoisotopic (exact) mass is 1800 g/mol. The molecule has 8 unspecified atom stereocenters. The molecule has 0 spiro atoms. The van der Waals surface area contributed by atoms with Crippen molar-refractivity contribution in [3.8, 4) is 74.3 Å². The van der Waals surface area contributed by atoms with Crippen LogP contribution in [0.3, 0.4) is 0 Å². The molecule has 0 amide bonds. The van der Waals surface area contributed by atoms with Gasteiger partial charge in [-0.15, -0.1) is 0 Å². The van der Waals surface area contributed by atoms with E-state index < -0.39 is 89.0 Å². The van der Waals surface area contributed by atoms with Crippen molar-refractivity contribution >= 4 is 50.9 Å². The van der Waals surface area contributed by atoms with Gasteiger partial charge in [-0.05, 0) is 241 Å². The van der Waals surface area contributed by atoms with Crippen LogP contribution in [0.4, 0.5) is 8.78 Å². The molecule has 0 aliphatic carbocycles. The molecule has 8 aromatic rings. The Bertz CT molecular complexity index is 5230. The van der Waals surface area contributed by atoms with Crippen molar-refractivity contribution in [2.75, 3.05) is 61.0 Å². The van der Waals surface area contributed by atoms with E-state index in [9.17, 15) is 62.2 Å². The number of nitrogens with zero attached hydrogens (tertiary/aromatic N) is 3. The Morgan fingerprint density at radius 3 is 1.06 bits per heavy atom. The molecule has 31 heteroatoms. The molecule has 0 saturated carbocycles. The lowest BCUT2D eigenvalue weighted by Crippen LogP contribution is -2.52. The number of benzene rings is 5. The Morgan fingerprint density at radius 2 is 0.754 bits per heavy atom. The van der Waals surface area contributed by atoms with Crippen LogP contribution < -0.4 is 57.8 Å². The number of hydrogen-bond donors (Lipinski definition) is 9. The third-order valence-corrected chi connectivity index (χ3v) is 26.2. The average Bonchev–Trinajstić information content (AvgIpc) is 1.58. The third-order valence-electron chi connectivity index (χ3n) is 22.7. The van der Waals surface area contributed by atoms with E-state index in [1.807, 2.05) is 83.1 Å². The van der Waals surface area contributed by atoms with E-state index in [2.05, 4.69) is 14.4 Å². The summed E-state index contributed by atoms with van der Waals surface area (Å²) in [6, 6.07) is 31.5. The molecule has 5 aromatic carbocycles. The first-order valence-electron chi connectivity index (χ1n) is 42.0. The highest BCUT2D eigenvalue weighted by atomic mass is 35.5. The molecule has 686 valence electrons. The number of aliphatic hydroxyl groups excluding tert-OH is 3. The number of halogens is 3. The SMILES string of the molecule is COc1cc(C(=O)CCC(C)(O)c2cc3c(c(-c4ccc(F)cc4)n2)OCC3(N)C(C)C)ccc1OC[C@@H](C)O.COc1cc(C(=O)CCC(C)(O)c2cc3c(c(-c4ccc(F)cc4)n2)OCC3(NS(=O)C(C)(C)C)C(C)C)ccc1OC[C@@H](C)O.COc1cc(C(=O)CCC(C)(O)c2cc3c(c(Cl)n2)OCC3(NS(=O)C(C)(C)C)C(C)C)ccc1OC[C@@H](C)O. The van der Waals surface area contributed by atoms with Crippen molar-refractivity contribution in [3.63, 3.8) is 0 Å². The summed E-state index contributed by atoms with van der Waals surface area (Å²) in [7, 11) is 1.56. The number of ether oxygens (including phenoxy) is 9. The van der Waals surface area contributed by atoms with E-state index in [0.717, 1.165) is 5.56 Å². The lowest BCUT2D eigenvalue weighted by molar-refractivity contribution is 0.0394. The smallest absolute Gasteiger partial charge is 0.171 e. The molecule has 0 fully saturated rings. The number of carbonyl (C=O) groups is 3. The minimum Gasteiger partial charge on any atom is -0.493 e. The minimum atomic E-state index is -1.56. The highest BCUT2D eigenvalue weighted by molar-refractivity contribution is 7.84. The van der Waals surface area contributed by atoms with Gasteiger partial charge in [0.15, 0.2) is 74.2 Å². The molecule has 6 heterocycles. The number of fused-ring (bicyclic) bond motifs is 3. The van der Waals surface area contributed by atoms with Gasteiger partial charge in [0.05, 0.1) is 105 Å². The lowest BCUT2D eigenvalue weighted by Gasteiger charge is -2.36. The second-order valence-corrected chi connectivity index (χ2v) is 40.4. The van der Waals surface area contributed by atoms with Crippen LogP contribution in [-0.4, -0.2) is 160 Å². The van der Waals surface area contributed by atoms with Gasteiger partial charge in [-0.1, -0.05) is 53.1 Å². The molecule has 0 saturated heterocycles. The zero-order valence-electron chi connectivity index (χ0n) is 75.8. The number of hydrogen-bond acceptors (Lipinski definition) is 24. The quantitative estimate of drug-likeness (QED) is 0.0130. The Labute approximate surface area is 747 Å². The maximum Gasteiger partial charge on any atom is 0.171 e. The number of pyridine rings is 3. The fourth-order valence-corrected chi connectivity index (χ4v) is 16.4. The average molecular weight is 1810 g/mol. The molecule has 3 aliphatic rings. The summed E-state index contributed by atoms with van der Waals surface area (Å²) >= 11 is 6.53. The van der Waals surface area contributed by atoms with E-state index in [1.165, 1.54) is 45.6 Å². The summed E-state index contributed by atoms with van der Waals surface area (Å²) in [5.74, 6) is 2.25. The Balaban J connectivity index is 0.000000215. The van der Waals surface area contributed by atoms with Gasteiger partial charge in [0, 0.05) is 63.8 Å². The topological polar surface area (TPSA) is 379 Å². The van der Waals surface area contributed by atoms with E-state index in [0.29, 0.717) is 119 Å². The summed E-state index contributed by atoms with van der Waals surface area (Å²) in [5.41, 5.74) is 6.08. The first kappa shape index (κ1) is 101. The van der Waals surface area contributed by atoms with Crippen LogP contribution in [0.25, 0.3) is 22.5 Å². The molecular formula is C95H123ClF2N6O20S2. The van der Waals surface area contributed by atoms with Crippen LogP contribution in [0.1, 0.15) is 228 Å². The predicted octanol–water partition coefficient (Wildman–Crippen LogP) is 15.2. The van der Waals surface area contributed by atoms with Gasteiger partial charge in [-0.2, -0.15) is 0 Å². The number of Topliss-reactive ketones (excluding diaryl/α,β-unsaturated/α-hetero) is 3. The number of nitrogens with one attached hydrogen (secondary N) is 2. The van der Waals surface area contributed by atoms with E-state index in [-0.39, 0.29) is 124 Å². The van der Waals surface area contributed by atoms with Crippen molar-refractivity contribution in [2.45, 2.75) is 224 Å². The second-order valence-electron chi connectivity index (χ2n) is 36.1. The maximum atomic E-state index is 13.9. The fourth-order valence-electron chi connectivity index (χ4n) is 14.1. The van der Waals surface area contributed by atoms with Gasteiger partial charge in [0.25, 0.3) is 0 Å². The number of methoxy groups -OCH3 is 3. The van der Waals surface area contributed by atoms with Crippen molar-refractivity contribution in [1.29, 1.82) is 0 Å². The van der Waals surface area contributed by atoms with Crippen LogP contribution in [-0.2, 0) is 55.4 Å². The molecule has 10 N–H and O–H groups in total. The van der Waals surface area contributed by atoms with E-state index in [4.69, 9.17) is 69.9 Å². The van der Waals surface area contributed by atoms with E-state index >= 15 is 0 Å². The van der Waals surface area contributed by atoms with Crippen LogP contribution >= 0.6 is 11.6 Å².